The molecular formula is C19H35N. The molecule has 1 N–H and O–H groups in total. The Balaban J connectivity index is 1.63. The van der Waals surface area contributed by atoms with Crippen LogP contribution in [0.5, 0.6) is 0 Å². The minimum Gasteiger partial charge on any atom is -0.314 e. The third-order valence-electron chi connectivity index (χ3n) is 5.79. The molecule has 2 aliphatic rings. The summed E-state index contributed by atoms with van der Waals surface area (Å²) in [6.45, 7) is 7.41. The number of allylic oxidation sites excluding steroid dienone is 1. The van der Waals surface area contributed by atoms with Crippen LogP contribution >= 0.6 is 0 Å². The Labute approximate surface area is 126 Å². The lowest BCUT2D eigenvalue weighted by Gasteiger charge is -2.38. The molecule has 0 aliphatic heterocycles. The summed E-state index contributed by atoms with van der Waals surface area (Å²) < 4.78 is 0. The molecule has 0 aromatic heterocycles. The standard InChI is InChI=1S/C19H35N/c1-3-5-15-20-19-13-11-18(12-14-19)17-9-7-16(6-4-2)8-10-17/h4,16-20H,2-3,5-15H2,1H3. The van der Waals surface area contributed by atoms with Gasteiger partial charge in [0, 0.05) is 6.04 Å². The molecule has 0 bridgehead atoms. The van der Waals surface area contributed by atoms with Crippen molar-refractivity contribution in [2.45, 2.75) is 83.6 Å². The summed E-state index contributed by atoms with van der Waals surface area (Å²) in [5.74, 6) is 3.05. The minimum atomic E-state index is 0.829. The highest BCUT2D eigenvalue weighted by molar-refractivity contribution is 4.85. The second-order valence-electron chi connectivity index (χ2n) is 7.22. The lowest BCUT2D eigenvalue weighted by atomic mass is 9.70. The molecule has 1 nitrogen and oxygen atoms in total. The van der Waals surface area contributed by atoms with Crippen LogP contribution in [-0.4, -0.2) is 12.6 Å². The molecule has 0 unspecified atom stereocenters. The molecular weight excluding hydrogens is 242 g/mol. The van der Waals surface area contributed by atoms with Crippen molar-refractivity contribution in [2.24, 2.45) is 17.8 Å². The molecule has 0 aromatic carbocycles. The van der Waals surface area contributed by atoms with Crippen LogP contribution in [0, 0.1) is 17.8 Å². The van der Waals surface area contributed by atoms with E-state index >= 15 is 0 Å². The van der Waals surface area contributed by atoms with Gasteiger partial charge < -0.3 is 5.32 Å². The Hall–Kier alpha value is -0.300. The Morgan fingerprint density at radius 2 is 1.55 bits per heavy atom. The van der Waals surface area contributed by atoms with Crippen LogP contribution in [0.15, 0.2) is 12.7 Å². The van der Waals surface area contributed by atoms with E-state index in [-0.39, 0.29) is 0 Å². The largest absolute Gasteiger partial charge is 0.314 e. The number of nitrogens with one attached hydrogen (secondary N) is 1. The van der Waals surface area contributed by atoms with Crippen LogP contribution in [0.1, 0.15) is 77.6 Å². The van der Waals surface area contributed by atoms with Crippen LogP contribution in [-0.2, 0) is 0 Å². The zero-order valence-corrected chi connectivity index (χ0v) is 13.6. The van der Waals surface area contributed by atoms with Crippen molar-refractivity contribution in [3.63, 3.8) is 0 Å². The number of unbranched alkanes of at least 4 members (excludes halogenated alkanes) is 1. The Kier molecular flexibility index (Phi) is 7.13. The van der Waals surface area contributed by atoms with Crippen LogP contribution < -0.4 is 5.32 Å². The third kappa shape index (κ3) is 4.91. The summed E-state index contributed by atoms with van der Waals surface area (Å²) in [5, 5.41) is 3.76. The quantitative estimate of drug-likeness (QED) is 0.491. The van der Waals surface area contributed by atoms with Crippen molar-refractivity contribution in [3.05, 3.63) is 12.7 Å². The van der Waals surface area contributed by atoms with Crippen LogP contribution in [0.2, 0.25) is 0 Å². The number of hydrogen-bond donors (Lipinski definition) is 1. The van der Waals surface area contributed by atoms with E-state index in [2.05, 4.69) is 24.9 Å². The predicted octanol–water partition coefficient (Wildman–Crippen LogP) is 5.32. The van der Waals surface area contributed by atoms with E-state index in [0.717, 1.165) is 23.8 Å². The average Bonchev–Trinajstić information content (AvgIpc) is 2.49. The van der Waals surface area contributed by atoms with E-state index in [1.54, 1.807) is 0 Å². The van der Waals surface area contributed by atoms with Crippen LogP contribution in [0.25, 0.3) is 0 Å². The van der Waals surface area contributed by atoms with Crippen LogP contribution in [0.4, 0.5) is 0 Å². The fourth-order valence-electron chi connectivity index (χ4n) is 4.41. The fourth-order valence-corrected chi connectivity index (χ4v) is 4.41. The first-order chi connectivity index (χ1) is 9.83. The van der Waals surface area contributed by atoms with Gasteiger partial charge in [-0.15, -0.1) is 6.58 Å². The minimum absolute atomic E-state index is 0.829. The van der Waals surface area contributed by atoms with Crippen molar-refractivity contribution < 1.29 is 0 Å². The molecule has 2 rings (SSSR count). The van der Waals surface area contributed by atoms with E-state index < -0.39 is 0 Å². The second-order valence-corrected chi connectivity index (χ2v) is 7.22. The van der Waals surface area contributed by atoms with Crippen molar-refractivity contribution in [3.8, 4) is 0 Å². The van der Waals surface area contributed by atoms with Crippen molar-refractivity contribution >= 4 is 0 Å². The van der Waals surface area contributed by atoms with Gasteiger partial charge in [0.25, 0.3) is 0 Å². The summed E-state index contributed by atoms with van der Waals surface area (Å²) in [6.07, 6.45) is 17.8. The molecule has 1 heteroatoms. The van der Waals surface area contributed by atoms with Crippen LogP contribution in [0.3, 0.4) is 0 Å². The lowest BCUT2D eigenvalue weighted by Crippen LogP contribution is -2.36. The highest BCUT2D eigenvalue weighted by atomic mass is 14.9. The maximum absolute atomic E-state index is 3.90. The number of rotatable bonds is 7. The van der Waals surface area contributed by atoms with Gasteiger partial charge >= 0.3 is 0 Å². The molecule has 0 amide bonds. The predicted molar refractivity (Wildman–Crippen MR) is 88.9 cm³/mol. The molecule has 2 aliphatic carbocycles. The maximum atomic E-state index is 3.90. The second kappa shape index (κ2) is 8.87. The molecule has 0 spiro atoms. The van der Waals surface area contributed by atoms with E-state index in [4.69, 9.17) is 0 Å². The summed E-state index contributed by atoms with van der Waals surface area (Å²) >= 11 is 0. The topological polar surface area (TPSA) is 12.0 Å². The van der Waals surface area contributed by atoms with Crippen molar-refractivity contribution in [2.75, 3.05) is 6.54 Å². The molecule has 0 heterocycles. The maximum Gasteiger partial charge on any atom is 0.00672 e. The van der Waals surface area contributed by atoms with E-state index in [1.807, 2.05) is 0 Å². The first-order valence-corrected chi connectivity index (χ1v) is 9.17. The lowest BCUT2D eigenvalue weighted by molar-refractivity contribution is 0.154. The Morgan fingerprint density at radius 3 is 2.10 bits per heavy atom. The van der Waals surface area contributed by atoms with Gasteiger partial charge in [-0.05, 0) is 88.5 Å². The van der Waals surface area contributed by atoms with Gasteiger partial charge in [0.05, 0.1) is 0 Å². The Bertz CT molecular complexity index is 257. The molecule has 116 valence electrons. The van der Waals surface area contributed by atoms with E-state index in [9.17, 15) is 0 Å². The van der Waals surface area contributed by atoms with E-state index in [1.165, 1.54) is 77.2 Å². The summed E-state index contributed by atoms with van der Waals surface area (Å²) in [4.78, 5) is 0. The molecule has 20 heavy (non-hydrogen) atoms. The first kappa shape index (κ1) is 16.1. The Morgan fingerprint density at radius 1 is 0.950 bits per heavy atom. The third-order valence-corrected chi connectivity index (χ3v) is 5.79. The van der Waals surface area contributed by atoms with Gasteiger partial charge in [-0.25, -0.2) is 0 Å². The normalized spacial score (nSPS) is 34.9. The van der Waals surface area contributed by atoms with Gasteiger partial charge in [-0.3, -0.25) is 0 Å². The molecule has 0 radical (unpaired) electrons. The zero-order valence-electron chi connectivity index (χ0n) is 13.6. The SMILES string of the molecule is C=CCC1CCC(C2CCC(NCCCC)CC2)CC1. The van der Waals surface area contributed by atoms with Crippen molar-refractivity contribution in [1.29, 1.82) is 0 Å². The van der Waals surface area contributed by atoms with E-state index in [0.29, 0.717) is 0 Å². The summed E-state index contributed by atoms with van der Waals surface area (Å²) in [7, 11) is 0. The monoisotopic (exact) mass is 277 g/mol. The van der Waals surface area contributed by atoms with Gasteiger partial charge in [0.1, 0.15) is 0 Å². The van der Waals surface area contributed by atoms with Crippen molar-refractivity contribution in [1.82, 2.24) is 5.32 Å². The number of hydrogen-bond acceptors (Lipinski definition) is 1. The fraction of sp³-hybridized carbons (Fsp3) is 0.895. The molecule has 0 saturated heterocycles. The van der Waals surface area contributed by atoms with Gasteiger partial charge in [0.2, 0.25) is 0 Å². The molecule has 2 fully saturated rings. The molecule has 0 aromatic rings. The first-order valence-electron chi connectivity index (χ1n) is 9.17. The highest BCUT2D eigenvalue weighted by Crippen LogP contribution is 2.40. The zero-order chi connectivity index (χ0) is 14.2. The summed E-state index contributed by atoms with van der Waals surface area (Å²) in [6, 6.07) is 0.829. The highest BCUT2D eigenvalue weighted by Gasteiger charge is 2.30. The average molecular weight is 277 g/mol. The van der Waals surface area contributed by atoms with Gasteiger partial charge in [0.15, 0.2) is 0 Å². The van der Waals surface area contributed by atoms with Gasteiger partial charge in [-0.2, -0.15) is 0 Å². The molecule has 0 atom stereocenters. The summed E-state index contributed by atoms with van der Waals surface area (Å²) in [5.41, 5.74) is 0. The molecule has 2 saturated carbocycles. The van der Waals surface area contributed by atoms with Gasteiger partial charge in [-0.1, -0.05) is 19.4 Å². The smallest absolute Gasteiger partial charge is 0.00672 e.